The predicted molar refractivity (Wildman–Crippen MR) is 87.4 cm³/mol. The Bertz CT molecular complexity index is 642. The van der Waals surface area contributed by atoms with Crippen LogP contribution in [0.1, 0.15) is 11.6 Å². The van der Waals surface area contributed by atoms with Gasteiger partial charge in [-0.25, -0.2) is 15.0 Å². The molecule has 22 heavy (non-hydrogen) atoms. The number of halogens is 1. The van der Waals surface area contributed by atoms with Crippen molar-refractivity contribution < 1.29 is 0 Å². The highest BCUT2D eigenvalue weighted by Gasteiger charge is 2.30. The van der Waals surface area contributed by atoms with Crippen molar-refractivity contribution in [2.24, 2.45) is 13.0 Å². The van der Waals surface area contributed by atoms with E-state index in [2.05, 4.69) is 35.5 Å². The lowest BCUT2D eigenvalue weighted by Crippen LogP contribution is -2.23. The fraction of sp³-hybridized carbons (Fsp3) is 0.500. The molecule has 2 aromatic rings. The Morgan fingerprint density at radius 1 is 1.41 bits per heavy atom. The average molecular weight is 322 g/mol. The van der Waals surface area contributed by atoms with E-state index in [0.717, 1.165) is 31.1 Å². The molecule has 1 aliphatic rings. The number of rotatable bonds is 5. The summed E-state index contributed by atoms with van der Waals surface area (Å²) in [5, 5.41) is 10.3. The third-order valence-corrected chi connectivity index (χ3v) is 4.44. The molecule has 118 valence electrons. The van der Waals surface area contributed by atoms with Crippen LogP contribution in [-0.2, 0) is 7.05 Å². The molecule has 3 N–H and O–H groups in total. The van der Waals surface area contributed by atoms with Crippen molar-refractivity contribution >= 4 is 23.1 Å². The first-order valence-corrected chi connectivity index (χ1v) is 7.67. The number of nitrogens with one attached hydrogen (secondary N) is 3. The van der Waals surface area contributed by atoms with Crippen LogP contribution in [0.2, 0.25) is 5.15 Å². The monoisotopic (exact) mass is 321 g/mol. The maximum absolute atomic E-state index is 6.08. The zero-order valence-corrected chi connectivity index (χ0v) is 13.4. The molecule has 8 heteroatoms. The molecule has 1 fully saturated rings. The normalized spacial score (nSPS) is 21.0. The molecular formula is C14H20ClN7. The lowest BCUT2D eigenvalue weighted by Gasteiger charge is -2.20. The van der Waals surface area contributed by atoms with E-state index in [0.29, 0.717) is 17.0 Å². The molecule has 3 rings (SSSR count). The van der Waals surface area contributed by atoms with Crippen LogP contribution in [0, 0.1) is 5.92 Å². The van der Waals surface area contributed by atoms with Crippen molar-refractivity contribution in [2.75, 3.05) is 37.3 Å². The number of hydrogen-bond acceptors (Lipinski definition) is 6. The number of anilines is 2. The van der Waals surface area contributed by atoms with Gasteiger partial charge in [0.15, 0.2) is 11.0 Å². The number of aryl methyl sites for hydroxylation is 1. The van der Waals surface area contributed by atoms with Crippen molar-refractivity contribution in [3.05, 3.63) is 29.7 Å². The summed E-state index contributed by atoms with van der Waals surface area (Å²) < 4.78 is 2.09. The molecule has 2 atom stereocenters. The molecule has 0 saturated carbocycles. The van der Waals surface area contributed by atoms with Crippen LogP contribution in [-0.4, -0.2) is 46.2 Å². The summed E-state index contributed by atoms with van der Waals surface area (Å²) in [5.41, 5.74) is 1.98. The van der Waals surface area contributed by atoms with Gasteiger partial charge >= 0.3 is 0 Å². The third-order valence-electron chi connectivity index (χ3n) is 4.16. The molecule has 0 aliphatic carbocycles. The molecule has 3 heterocycles. The van der Waals surface area contributed by atoms with E-state index in [-0.39, 0.29) is 0 Å². The van der Waals surface area contributed by atoms with E-state index in [1.54, 1.807) is 0 Å². The molecule has 0 aromatic carbocycles. The smallest absolute Gasteiger partial charge is 0.157 e. The van der Waals surface area contributed by atoms with E-state index in [1.807, 2.05) is 26.6 Å². The first kappa shape index (κ1) is 15.1. The largest absolute Gasteiger partial charge is 0.383 e. The molecule has 7 nitrogen and oxygen atoms in total. The Balaban J connectivity index is 1.71. The predicted octanol–water partition coefficient (Wildman–Crippen LogP) is 1.32. The van der Waals surface area contributed by atoms with Gasteiger partial charge in [0.25, 0.3) is 0 Å². The lowest BCUT2D eigenvalue weighted by molar-refractivity contribution is 0.522. The number of aromatic nitrogens is 4. The zero-order valence-electron chi connectivity index (χ0n) is 12.7. The maximum atomic E-state index is 6.08. The van der Waals surface area contributed by atoms with Crippen LogP contribution >= 0.6 is 11.6 Å². The summed E-state index contributed by atoms with van der Waals surface area (Å²) in [4.78, 5) is 12.5. The molecule has 0 spiro atoms. The molecule has 0 radical (unpaired) electrons. The highest BCUT2D eigenvalue weighted by molar-refractivity contribution is 6.32. The Morgan fingerprint density at radius 3 is 3.00 bits per heavy atom. The van der Waals surface area contributed by atoms with Gasteiger partial charge in [0.05, 0.1) is 6.33 Å². The number of hydrogen-bond donors (Lipinski definition) is 3. The van der Waals surface area contributed by atoms with Gasteiger partial charge in [-0.1, -0.05) is 11.6 Å². The summed E-state index contributed by atoms with van der Waals surface area (Å²) in [6, 6.07) is 0. The Hall–Kier alpha value is -1.86. The summed E-state index contributed by atoms with van der Waals surface area (Å²) >= 11 is 6.08. The van der Waals surface area contributed by atoms with Gasteiger partial charge in [-0.2, -0.15) is 0 Å². The zero-order chi connectivity index (χ0) is 15.5. The van der Waals surface area contributed by atoms with Gasteiger partial charge in [-0.05, 0) is 5.92 Å². The minimum Gasteiger partial charge on any atom is -0.383 e. The summed E-state index contributed by atoms with van der Waals surface area (Å²) in [6.45, 7) is 2.75. The van der Waals surface area contributed by atoms with Crippen molar-refractivity contribution in [2.45, 2.75) is 5.92 Å². The van der Waals surface area contributed by atoms with Gasteiger partial charge in [0.2, 0.25) is 0 Å². The number of nitrogens with zero attached hydrogens (tertiary/aromatic N) is 4. The second-order valence-corrected chi connectivity index (χ2v) is 5.83. The standard InChI is InChI=1S/C14H20ClN7/c1-16-12-13(15)20-7-21-14(12)19-4-9-3-17-5-10(9)11-6-18-8-22(11)2/h6-10,16-17H,3-5H2,1-2H3,(H,19,20,21)/t9-,10+/m0/s1. The van der Waals surface area contributed by atoms with Gasteiger partial charge < -0.3 is 20.5 Å². The van der Waals surface area contributed by atoms with E-state index in [1.165, 1.54) is 12.0 Å². The molecule has 0 amide bonds. The molecule has 2 aromatic heterocycles. The number of imidazole rings is 1. The lowest BCUT2D eigenvalue weighted by atomic mass is 9.93. The van der Waals surface area contributed by atoms with E-state index in [4.69, 9.17) is 11.6 Å². The van der Waals surface area contributed by atoms with E-state index >= 15 is 0 Å². The Labute approximate surface area is 134 Å². The fourth-order valence-electron chi connectivity index (χ4n) is 2.97. The molecule has 0 bridgehead atoms. The highest BCUT2D eigenvalue weighted by atomic mass is 35.5. The third kappa shape index (κ3) is 2.86. The highest BCUT2D eigenvalue weighted by Crippen LogP contribution is 2.30. The quantitative estimate of drug-likeness (QED) is 0.721. The van der Waals surface area contributed by atoms with Crippen LogP contribution in [0.25, 0.3) is 0 Å². The minimum absolute atomic E-state index is 0.424. The Morgan fingerprint density at radius 2 is 2.27 bits per heavy atom. The van der Waals surface area contributed by atoms with Gasteiger partial charge in [-0.15, -0.1) is 0 Å². The Kier molecular flexibility index (Phi) is 4.44. The summed E-state index contributed by atoms with van der Waals surface area (Å²) in [7, 11) is 3.85. The van der Waals surface area contributed by atoms with E-state index in [9.17, 15) is 0 Å². The maximum Gasteiger partial charge on any atom is 0.157 e. The second kappa shape index (κ2) is 6.50. The average Bonchev–Trinajstić information content (AvgIpc) is 3.13. The van der Waals surface area contributed by atoms with Gasteiger partial charge in [0.1, 0.15) is 12.0 Å². The van der Waals surface area contributed by atoms with Crippen molar-refractivity contribution in [3.63, 3.8) is 0 Å². The molecular weight excluding hydrogens is 302 g/mol. The topological polar surface area (TPSA) is 79.7 Å². The fourth-order valence-corrected chi connectivity index (χ4v) is 3.19. The van der Waals surface area contributed by atoms with Crippen molar-refractivity contribution in [1.29, 1.82) is 0 Å². The first-order chi connectivity index (χ1) is 10.7. The van der Waals surface area contributed by atoms with Crippen molar-refractivity contribution in [1.82, 2.24) is 24.8 Å². The van der Waals surface area contributed by atoms with Crippen LogP contribution in [0.4, 0.5) is 11.5 Å². The summed E-state index contributed by atoms with van der Waals surface area (Å²) in [5.74, 6) is 1.64. The van der Waals surface area contributed by atoms with Crippen LogP contribution in [0.3, 0.4) is 0 Å². The SMILES string of the molecule is CNc1c(Cl)ncnc1NC[C@@H]1CNC[C@H]1c1cncn1C. The first-order valence-electron chi connectivity index (χ1n) is 7.29. The minimum atomic E-state index is 0.424. The van der Waals surface area contributed by atoms with Gasteiger partial charge in [0, 0.05) is 51.5 Å². The molecule has 1 aliphatic heterocycles. The summed E-state index contributed by atoms with van der Waals surface area (Å²) in [6.07, 6.45) is 5.27. The second-order valence-electron chi connectivity index (χ2n) is 5.47. The molecule has 0 unspecified atom stereocenters. The van der Waals surface area contributed by atoms with Crippen LogP contribution < -0.4 is 16.0 Å². The van der Waals surface area contributed by atoms with E-state index < -0.39 is 0 Å². The van der Waals surface area contributed by atoms with Gasteiger partial charge in [-0.3, -0.25) is 0 Å². The van der Waals surface area contributed by atoms with Crippen molar-refractivity contribution in [3.8, 4) is 0 Å². The van der Waals surface area contributed by atoms with Crippen LogP contribution in [0.5, 0.6) is 0 Å². The molecule has 1 saturated heterocycles. The van der Waals surface area contributed by atoms with Crippen LogP contribution in [0.15, 0.2) is 18.9 Å².